The van der Waals surface area contributed by atoms with Crippen molar-refractivity contribution in [3.05, 3.63) is 63.2 Å². The number of fused-ring (bicyclic) bond motifs is 1. The zero-order valence-electron chi connectivity index (χ0n) is 14.8. The molecule has 0 aliphatic heterocycles. The van der Waals surface area contributed by atoms with Gasteiger partial charge < -0.3 is 5.32 Å². The smallest absolute Gasteiger partial charge is 0.263 e. The Morgan fingerprint density at radius 3 is 3.00 bits per heavy atom. The standard InChI is InChI=1S/C19H15ClN4O2S2/c1-3-7-24-18(26)14-6-8-27-17(14)23-19(24)28-11(2)16(25)22-13-5-4-12(10-21)15(20)9-13/h3-6,8-9,11H,1,7H2,2H3,(H,22,25). The lowest BCUT2D eigenvalue weighted by Gasteiger charge is -2.15. The fourth-order valence-corrected chi connectivity index (χ4v) is 4.40. The number of nitriles is 1. The number of hydrogen-bond donors (Lipinski definition) is 1. The summed E-state index contributed by atoms with van der Waals surface area (Å²) in [4.78, 5) is 30.4. The zero-order valence-corrected chi connectivity index (χ0v) is 17.2. The molecule has 142 valence electrons. The summed E-state index contributed by atoms with van der Waals surface area (Å²) >= 11 is 8.58. The molecule has 0 saturated carbocycles. The second-order valence-electron chi connectivity index (χ2n) is 5.79. The average Bonchev–Trinajstić information content (AvgIpc) is 3.13. The number of benzene rings is 1. The van der Waals surface area contributed by atoms with Gasteiger partial charge in [0.2, 0.25) is 5.91 Å². The summed E-state index contributed by atoms with van der Waals surface area (Å²) in [6.07, 6.45) is 1.62. The van der Waals surface area contributed by atoms with Crippen LogP contribution in [-0.2, 0) is 11.3 Å². The Labute approximate surface area is 174 Å². The van der Waals surface area contributed by atoms with Gasteiger partial charge in [-0.25, -0.2) is 4.98 Å². The predicted octanol–water partition coefficient (Wildman–Crippen LogP) is 4.29. The van der Waals surface area contributed by atoms with Crippen molar-refractivity contribution in [3.63, 3.8) is 0 Å². The van der Waals surface area contributed by atoms with Crippen molar-refractivity contribution < 1.29 is 4.79 Å². The van der Waals surface area contributed by atoms with E-state index in [2.05, 4.69) is 16.9 Å². The van der Waals surface area contributed by atoms with Gasteiger partial charge in [-0.2, -0.15) is 5.26 Å². The normalized spacial score (nSPS) is 11.8. The summed E-state index contributed by atoms with van der Waals surface area (Å²) in [6.45, 7) is 5.73. The molecule has 1 N–H and O–H groups in total. The maximum atomic E-state index is 12.7. The minimum Gasteiger partial charge on any atom is -0.325 e. The molecule has 0 aliphatic rings. The Kier molecular flexibility index (Phi) is 6.19. The van der Waals surface area contributed by atoms with E-state index in [0.29, 0.717) is 33.2 Å². The van der Waals surface area contributed by atoms with E-state index in [1.165, 1.54) is 33.7 Å². The van der Waals surface area contributed by atoms with E-state index in [1.807, 2.05) is 11.4 Å². The van der Waals surface area contributed by atoms with E-state index in [0.717, 1.165) is 0 Å². The number of halogens is 1. The van der Waals surface area contributed by atoms with Crippen molar-refractivity contribution >= 4 is 56.5 Å². The minimum atomic E-state index is -0.519. The minimum absolute atomic E-state index is 0.153. The van der Waals surface area contributed by atoms with Gasteiger partial charge in [-0.1, -0.05) is 29.4 Å². The first-order valence-corrected chi connectivity index (χ1v) is 10.3. The fourth-order valence-electron chi connectivity index (χ4n) is 2.45. The van der Waals surface area contributed by atoms with Gasteiger partial charge >= 0.3 is 0 Å². The number of amides is 1. The Bertz CT molecular complexity index is 1160. The Morgan fingerprint density at radius 2 is 2.32 bits per heavy atom. The number of anilines is 1. The number of allylic oxidation sites excluding steroid dienone is 1. The van der Waals surface area contributed by atoms with Gasteiger partial charge in [-0.3, -0.25) is 14.2 Å². The number of rotatable bonds is 6. The number of thioether (sulfide) groups is 1. The number of carbonyl (C=O) groups excluding carboxylic acids is 1. The van der Waals surface area contributed by atoms with Gasteiger partial charge in [-0.15, -0.1) is 17.9 Å². The van der Waals surface area contributed by atoms with Gasteiger partial charge in [0.05, 0.1) is 21.2 Å². The molecule has 0 aliphatic carbocycles. The van der Waals surface area contributed by atoms with Gasteiger partial charge in [-0.05, 0) is 36.6 Å². The van der Waals surface area contributed by atoms with E-state index in [1.54, 1.807) is 31.2 Å². The van der Waals surface area contributed by atoms with Crippen molar-refractivity contribution in [2.24, 2.45) is 0 Å². The van der Waals surface area contributed by atoms with Crippen molar-refractivity contribution in [3.8, 4) is 6.07 Å². The third-order valence-electron chi connectivity index (χ3n) is 3.87. The third kappa shape index (κ3) is 4.12. The monoisotopic (exact) mass is 430 g/mol. The van der Waals surface area contributed by atoms with Crippen LogP contribution in [0, 0.1) is 11.3 Å². The quantitative estimate of drug-likeness (QED) is 0.358. The molecule has 0 spiro atoms. The summed E-state index contributed by atoms with van der Waals surface area (Å²) in [5.74, 6) is -0.267. The summed E-state index contributed by atoms with van der Waals surface area (Å²) in [6, 6.07) is 8.40. The van der Waals surface area contributed by atoms with Crippen LogP contribution in [0.1, 0.15) is 12.5 Å². The molecule has 9 heteroatoms. The maximum absolute atomic E-state index is 12.7. The molecular weight excluding hydrogens is 416 g/mol. The molecule has 1 amide bonds. The van der Waals surface area contributed by atoms with Crippen molar-refractivity contribution in [2.75, 3.05) is 5.32 Å². The number of hydrogen-bond acceptors (Lipinski definition) is 6. The lowest BCUT2D eigenvalue weighted by atomic mass is 10.2. The van der Waals surface area contributed by atoms with Crippen LogP contribution in [-0.4, -0.2) is 20.7 Å². The Balaban J connectivity index is 1.83. The van der Waals surface area contributed by atoms with E-state index >= 15 is 0 Å². The molecule has 1 atom stereocenters. The molecular formula is C19H15ClN4O2S2. The molecule has 2 aromatic heterocycles. The van der Waals surface area contributed by atoms with Crippen LogP contribution in [0.15, 0.2) is 52.3 Å². The summed E-state index contributed by atoms with van der Waals surface area (Å²) in [5, 5.41) is 14.3. The lowest BCUT2D eigenvalue weighted by Crippen LogP contribution is -2.26. The van der Waals surface area contributed by atoms with Crippen LogP contribution in [0.5, 0.6) is 0 Å². The van der Waals surface area contributed by atoms with Crippen LogP contribution in [0.25, 0.3) is 10.2 Å². The van der Waals surface area contributed by atoms with E-state index in [4.69, 9.17) is 16.9 Å². The van der Waals surface area contributed by atoms with Crippen LogP contribution >= 0.6 is 34.7 Å². The Morgan fingerprint density at radius 1 is 1.54 bits per heavy atom. The molecule has 3 aromatic rings. The first-order chi connectivity index (χ1) is 13.4. The number of nitrogens with zero attached hydrogens (tertiary/aromatic N) is 3. The molecule has 3 rings (SSSR count). The molecule has 0 bridgehead atoms. The van der Waals surface area contributed by atoms with Crippen molar-refractivity contribution in [1.82, 2.24) is 9.55 Å². The summed E-state index contributed by atoms with van der Waals surface area (Å²) in [7, 11) is 0. The molecule has 0 fully saturated rings. The highest BCUT2D eigenvalue weighted by Gasteiger charge is 2.20. The second kappa shape index (κ2) is 8.61. The molecule has 28 heavy (non-hydrogen) atoms. The predicted molar refractivity (Wildman–Crippen MR) is 114 cm³/mol. The van der Waals surface area contributed by atoms with Gasteiger partial charge in [0.1, 0.15) is 10.9 Å². The first-order valence-electron chi connectivity index (χ1n) is 8.20. The molecule has 1 unspecified atom stereocenters. The number of aromatic nitrogens is 2. The van der Waals surface area contributed by atoms with Gasteiger partial charge in [0, 0.05) is 12.2 Å². The molecule has 1 aromatic carbocycles. The van der Waals surface area contributed by atoms with Gasteiger partial charge in [0.15, 0.2) is 5.16 Å². The largest absolute Gasteiger partial charge is 0.325 e. The molecule has 6 nitrogen and oxygen atoms in total. The second-order valence-corrected chi connectivity index (χ2v) is 8.40. The summed E-state index contributed by atoms with van der Waals surface area (Å²) in [5.41, 5.74) is 0.677. The average molecular weight is 431 g/mol. The Hall–Kier alpha value is -2.60. The SMILES string of the molecule is C=CCn1c(SC(C)C(=O)Nc2ccc(C#N)c(Cl)c2)nc2sccc2c1=O. The third-order valence-corrected chi connectivity index (χ3v) is 6.08. The highest BCUT2D eigenvalue weighted by Crippen LogP contribution is 2.26. The first kappa shape index (κ1) is 20.1. The zero-order chi connectivity index (χ0) is 20.3. The van der Waals surface area contributed by atoms with Crippen molar-refractivity contribution in [2.45, 2.75) is 23.9 Å². The number of nitrogens with one attached hydrogen (secondary N) is 1. The highest BCUT2D eigenvalue weighted by atomic mass is 35.5. The molecule has 0 radical (unpaired) electrons. The molecule has 2 heterocycles. The van der Waals surface area contributed by atoms with Crippen LogP contribution in [0.2, 0.25) is 5.02 Å². The maximum Gasteiger partial charge on any atom is 0.263 e. The number of carbonyl (C=O) groups is 1. The highest BCUT2D eigenvalue weighted by molar-refractivity contribution is 8.00. The van der Waals surface area contributed by atoms with Crippen molar-refractivity contribution in [1.29, 1.82) is 5.26 Å². The van der Waals surface area contributed by atoms with Crippen LogP contribution in [0.3, 0.4) is 0 Å². The molecule has 0 saturated heterocycles. The van der Waals surface area contributed by atoms with Gasteiger partial charge in [0.25, 0.3) is 5.56 Å². The van der Waals surface area contributed by atoms with E-state index < -0.39 is 5.25 Å². The lowest BCUT2D eigenvalue weighted by molar-refractivity contribution is -0.115. The fraction of sp³-hybridized carbons (Fsp3) is 0.158. The van der Waals surface area contributed by atoms with Crippen LogP contribution in [0.4, 0.5) is 5.69 Å². The van der Waals surface area contributed by atoms with E-state index in [-0.39, 0.29) is 16.5 Å². The van der Waals surface area contributed by atoms with Crippen LogP contribution < -0.4 is 10.9 Å². The van der Waals surface area contributed by atoms with E-state index in [9.17, 15) is 9.59 Å². The topological polar surface area (TPSA) is 87.8 Å². The summed E-state index contributed by atoms with van der Waals surface area (Å²) < 4.78 is 1.51. The number of thiophene rings is 1.